The molecule has 0 spiro atoms. The van der Waals surface area contributed by atoms with Crippen molar-refractivity contribution in [2.75, 3.05) is 6.61 Å². The first-order chi connectivity index (χ1) is 9.83. The number of H-pyrrole nitrogens is 1. The first kappa shape index (κ1) is 14.1. The molecular formula is C15H18N4O. The van der Waals surface area contributed by atoms with Crippen LogP contribution >= 0.6 is 0 Å². The molecule has 0 amide bonds. The summed E-state index contributed by atoms with van der Waals surface area (Å²) in [6.07, 6.45) is 4.57. The lowest BCUT2D eigenvalue weighted by molar-refractivity contribution is 0.368. The molecule has 1 atom stereocenters. The topological polar surface area (TPSA) is 73.7 Å². The van der Waals surface area contributed by atoms with Gasteiger partial charge in [-0.1, -0.05) is 19.1 Å². The maximum atomic E-state index is 8.45. The Bertz CT molecular complexity index is 542. The van der Waals surface area contributed by atoms with Gasteiger partial charge in [-0.2, -0.15) is 5.26 Å². The summed E-state index contributed by atoms with van der Waals surface area (Å²) in [5.74, 6) is 1.68. The zero-order valence-corrected chi connectivity index (χ0v) is 11.5. The van der Waals surface area contributed by atoms with Gasteiger partial charge < -0.3 is 15.0 Å². The maximum Gasteiger partial charge on any atom is 0.174 e. The molecule has 0 radical (unpaired) electrons. The molecule has 2 aromatic rings. The number of hydrogen-bond acceptors (Lipinski definition) is 4. The molecule has 0 fully saturated rings. The normalized spacial score (nSPS) is 11.8. The standard InChI is InChI=1S/C15H18N4O/c1-2-14(15-17-8-9-18-15)19-11-12-3-5-13(6-4-12)20-10-7-16/h3-6,8-9,14,19H,2,10-11H2,1H3,(H,17,18). The molecule has 0 saturated heterocycles. The van der Waals surface area contributed by atoms with E-state index in [4.69, 9.17) is 10.00 Å². The summed E-state index contributed by atoms with van der Waals surface area (Å²) in [5, 5.41) is 11.9. The van der Waals surface area contributed by atoms with Crippen molar-refractivity contribution in [3.63, 3.8) is 0 Å². The lowest BCUT2D eigenvalue weighted by Crippen LogP contribution is -2.21. The Morgan fingerprint density at radius 2 is 2.20 bits per heavy atom. The van der Waals surface area contributed by atoms with Gasteiger partial charge in [-0.15, -0.1) is 0 Å². The van der Waals surface area contributed by atoms with Gasteiger partial charge in [0.05, 0.1) is 6.04 Å². The highest BCUT2D eigenvalue weighted by atomic mass is 16.5. The number of hydrogen-bond donors (Lipinski definition) is 2. The maximum absolute atomic E-state index is 8.45. The Balaban J connectivity index is 1.88. The fourth-order valence-corrected chi connectivity index (χ4v) is 1.96. The first-order valence-corrected chi connectivity index (χ1v) is 6.64. The fraction of sp³-hybridized carbons (Fsp3) is 0.333. The lowest BCUT2D eigenvalue weighted by atomic mass is 10.1. The van der Waals surface area contributed by atoms with Gasteiger partial charge in [-0.05, 0) is 24.1 Å². The molecule has 20 heavy (non-hydrogen) atoms. The SMILES string of the molecule is CCC(NCc1ccc(OCC#N)cc1)c1ncc[nH]1. The summed E-state index contributed by atoms with van der Waals surface area (Å²) in [6.45, 7) is 2.96. The van der Waals surface area contributed by atoms with E-state index >= 15 is 0 Å². The third kappa shape index (κ3) is 3.84. The molecule has 1 aromatic carbocycles. The summed E-state index contributed by atoms with van der Waals surface area (Å²) in [7, 11) is 0. The van der Waals surface area contributed by atoms with Crippen molar-refractivity contribution in [1.29, 1.82) is 5.26 Å². The number of aromatic nitrogens is 2. The van der Waals surface area contributed by atoms with Crippen LogP contribution in [0.5, 0.6) is 5.75 Å². The molecule has 1 unspecified atom stereocenters. The number of imidazole rings is 1. The molecule has 1 aromatic heterocycles. The smallest absolute Gasteiger partial charge is 0.174 e. The number of nitrogens with zero attached hydrogens (tertiary/aromatic N) is 2. The molecule has 2 N–H and O–H groups in total. The van der Waals surface area contributed by atoms with Crippen molar-refractivity contribution in [2.24, 2.45) is 0 Å². The van der Waals surface area contributed by atoms with E-state index in [0.29, 0.717) is 5.75 Å². The van der Waals surface area contributed by atoms with Crippen LogP contribution in [0.25, 0.3) is 0 Å². The largest absolute Gasteiger partial charge is 0.479 e. The van der Waals surface area contributed by atoms with Gasteiger partial charge in [0, 0.05) is 18.9 Å². The highest BCUT2D eigenvalue weighted by molar-refractivity contribution is 5.27. The highest BCUT2D eigenvalue weighted by Crippen LogP contribution is 2.15. The van der Waals surface area contributed by atoms with Crippen LogP contribution < -0.4 is 10.1 Å². The van der Waals surface area contributed by atoms with Crippen LogP contribution in [0.2, 0.25) is 0 Å². The van der Waals surface area contributed by atoms with Crippen molar-refractivity contribution >= 4 is 0 Å². The van der Waals surface area contributed by atoms with Crippen molar-refractivity contribution in [2.45, 2.75) is 25.9 Å². The molecule has 5 heteroatoms. The first-order valence-electron chi connectivity index (χ1n) is 6.64. The molecular weight excluding hydrogens is 252 g/mol. The minimum atomic E-state index is 0.0774. The second-order valence-electron chi connectivity index (χ2n) is 4.41. The molecule has 0 saturated carbocycles. The Hall–Kier alpha value is -2.32. The van der Waals surface area contributed by atoms with Gasteiger partial charge in [0.25, 0.3) is 0 Å². The predicted molar refractivity (Wildman–Crippen MR) is 76.0 cm³/mol. The quantitative estimate of drug-likeness (QED) is 0.811. The van der Waals surface area contributed by atoms with E-state index in [9.17, 15) is 0 Å². The van der Waals surface area contributed by atoms with E-state index < -0.39 is 0 Å². The van der Waals surface area contributed by atoms with Crippen LogP contribution in [0.1, 0.15) is 30.8 Å². The molecule has 0 bridgehead atoms. The molecule has 0 aliphatic heterocycles. The van der Waals surface area contributed by atoms with Crippen LogP contribution in [0, 0.1) is 11.3 Å². The Kier molecular flexibility index (Phi) is 5.15. The number of benzene rings is 1. The predicted octanol–water partition coefficient (Wildman–Crippen LogP) is 2.55. The minimum absolute atomic E-state index is 0.0774. The molecule has 2 rings (SSSR count). The number of nitriles is 1. The van der Waals surface area contributed by atoms with Crippen molar-refractivity contribution in [1.82, 2.24) is 15.3 Å². The van der Waals surface area contributed by atoms with E-state index in [2.05, 4.69) is 22.2 Å². The van der Waals surface area contributed by atoms with E-state index in [1.807, 2.05) is 36.5 Å². The number of nitrogens with one attached hydrogen (secondary N) is 2. The van der Waals surface area contributed by atoms with Gasteiger partial charge in [-0.3, -0.25) is 0 Å². The second kappa shape index (κ2) is 7.31. The summed E-state index contributed by atoms with van der Waals surface area (Å²) < 4.78 is 5.22. The number of ether oxygens (including phenoxy) is 1. The number of rotatable bonds is 7. The highest BCUT2D eigenvalue weighted by Gasteiger charge is 2.10. The van der Waals surface area contributed by atoms with Gasteiger partial charge in [0.1, 0.15) is 17.6 Å². The van der Waals surface area contributed by atoms with Crippen molar-refractivity contribution in [3.8, 4) is 11.8 Å². The van der Waals surface area contributed by atoms with E-state index in [-0.39, 0.29) is 12.6 Å². The zero-order chi connectivity index (χ0) is 14.2. The van der Waals surface area contributed by atoms with Crippen LogP contribution in [-0.2, 0) is 6.54 Å². The van der Waals surface area contributed by atoms with Gasteiger partial charge in [0.15, 0.2) is 6.61 Å². The molecule has 0 aliphatic carbocycles. The fourth-order valence-electron chi connectivity index (χ4n) is 1.96. The van der Waals surface area contributed by atoms with Crippen LogP contribution in [0.3, 0.4) is 0 Å². The van der Waals surface area contributed by atoms with Crippen LogP contribution in [-0.4, -0.2) is 16.6 Å². The Morgan fingerprint density at radius 3 is 2.80 bits per heavy atom. The summed E-state index contributed by atoms with van der Waals surface area (Å²) >= 11 is 0. The van der Waals surface area contributed by atoms with Gasteiger partial charge >= 0.3 is 0 Å². The van der Waals surface area contributed by atoms with E-state index in [1.54, 1.807) is 6.20 Å². The van der Waals surface area contributed by atoms with Crippen LogP contribution in [0.15, 0.2) is 36.7 Å². The summed E-state index contributed by atoms with van der Waals surface area (Å²) in [6, 6.07) is 9.91. The Labute approximate surface area is 118 Å². The average molecular weight is 270 g/mol. The van der Waals surface area contributed by atoms with Crippen molar-refractivity contribution in [3.05, 3.63) is 48.0 Å². The van der Waals surface area contributed by atoms with Crippen molar-refractivity contribution < 1.29 is 4.74 Å². The van der Waals surface area contributed by atoms with Gasteiger partial charge in [-0.25, -0.2) is 4.98 Å². The molecule has 0 aliphatic rings. The third-order valence-electron chi connectivity index (χ3n) is 3.04. The monoisotopic (exact) mass is 270 g/mol. The Morgan fingerprint density at radius 1 is 1.40 bits per heavy atom. The second-order valence-corrected chi connectivity index (χ2v) is 4.41. The average Bonchev–Trinajstić information content (AvgIpc) is 3.01. The lowest BCUT2D eigenvalue weighted by Gasteiger charge is -2.14. The van der Waals surface area contributed by atoms with E-state index in [0.717, 1.165) is 18.8 Å². The molecule has 104 valence electrons. The number of aromatic amines is 1. The molecule has 1 heterocycles. The minimum Gasteiger partial charge on any atom is -0.479 e. The summed E-state index contributed by atoms with van der Waals surface area (Å²) in [5.41, 5.74) is 1.17. The zero-order valence-electron chi connectivity index (χ0n) is 11.5. The molecule has 5 nitrogen and oxygen atoms in total. The van der Waals surface area contributed by atoms with Gasteiger partial charge in [0.2, 0.25) is 0 Å². The van der Waals surface area contributed by atoms with Crippen LogP contribution in [0.4, 0.5) is 0 Å². The van der Waals surface area contributed by atoms with E-state index in [1.165, 1.54) is 5.56 Å². The third-order valence-corrected chi connectivity index (χ3v) is 3.04. The summed E-state index contributed by atoms with van der Waals surface area (Å²) in [4.78, 5) is 7.41.